The van der Waals surface area contributed by atoms with Crippen LogP contribution in [0.3, 0.4) is 0 Å². The summed E-state index contributed by atoms with van der Waals surface area (Å²) < 4.78 is 27.1. The lowest BCUT2D eigenvalue weighted by Crippen LogP contribution is -2.24. The predicted molar refractivity (Wildman–Crippen MR) is 114 cm³/mol. The minimum Gasteiger partial charge on any atom is -0.325 e. The van der Waals surface area contributed by atoms with Gasteiger partial charge < -0.3 is 5.32 Å². The van der Waals surface area contributed by atoms with Crippen LogP contribution in [-0.4, -0.2) is 29.5 Å². The lowest BCUT2D eigenvalue weighted by Gasteiger charge is -2.15. The first-order chi connectivity index (χ1) is 14.0. The summed E-state index contributed by atoms with van der Waals surface area (Å²) in [5.41, 5.74) is 0.525. The van der Waals surface area contributed by atoms with Crippen LogP contribution in [0.25, 0.3) is 0 Å². The number of hydrogen-bond acceptors (Lipinski definition) is 6. The summed E-state index contributed by atoms with van der Waals surface area (Å²) in [6.07, 6.45) is 3.56. The average Bonchev–Trinajstić information content (AvgIpc) is 2.73. The van der Waals surface area contributed by atoms with Crippen molar-refractivity contribution >= 4 is 39.3 Å². The molecule has 0 aliphatic carbocycles. The predicted octanol–water partition coefficient (Wildman–Crippen LogP) is 3.79. The monoisotopic (exact) mass is 428 g/mol. The Balaban J connectivity index is 1.65. The third-order valence-corrected chi connectivity index (χ3v) is 6.63. The number of aromatic nitrogens is 2. The summed E-state index contributed by atoms with van der Waals surface area (Å²) >= 11 is 1.49. The van der Waals surface area contributed by atoms with E-state index in [0.29, 0.717) is 12.1 Å². The van der Waals surface area contributed by atoms with Crippen molar-refractivity contribution in [3.63, 3.8) is 0 Å². The SMILES string of the molecule is CCC(Sc1ccccc1)C(=O)Nc1ccc(S(=O)(=O)Nc2ncccn2)cc1. The van der Waals surface area contributed by atoms with Crippen molar-refractivity contribution in [1.29, 1.82) is 0 Å². The summed E-state index contributed by atoms with van der Waals surface area (Å²) in [6.45, 7) is 1.95. The Hall–Kier alpha value is -2.91. The van der Waals surface area contributed by atoms with Crippen LogP contribution in [0, 0.1) is 0 Å². The highest BCUT2D eigenvalue weighted by atomic mass is 32.2. The van der Waals surface area contributed by atoms with Gasteiger partial charge in [0.25, 0.3) is 10.0 Å². The van der Waals surface area contributed by atoms with Gasteiger partial charge in [0.05, 0.1) is 10.1 Å². The Morgan fingerprint density at radius 3 is 2.28 bits per heavy atom. The smallest absolute Gasteiger partial charge is 0.264 e. The molecule has 1 atom stereocenters. The van der Waals surface area contributed by atoms with Gasteiger partial charge in [0.2, 0.25) is 11.9 Å². The lowest BCUT2D eigenvalue weighted by molar-refractivity contribution is -0.115. The molecule has 0 bridgehead atoms. The number of carbonyl (C=O) groups is 1. The molecular formula is C20H20N4O3S2. The van der Waals surface area contributed by atoms with Crippen molar-refractivity contribution in [3.8, 4) is 0 Å². The zero-order valence-electron chi connectivity index (χ0n) is 15.6. The van der Waals surface area contributed by atoms with Crippen LogP contribution in [-0.2, 0) is 14.8 Å². The number of rotatable bonds is 8. The molecule has 1 heterocycles. The molecule has 3 rings (SSSR count). The number of thioether (sulfide) groups is 1. The molecule has 2 N–H and O–H groups in total. The second-order valence-corrected chi connectivity index (χ2v) is 8.98. The molecule has 150 valence electrons. The second-order valence-electron chi connectivity index (χ2n) is 6.02. The maximum absolute atomic E-state index is 12.6. The number of nitrogens with zero attached hydrogens (tertiary/aromatic N) is 2. The van der Waals surface area contributed by atoms with Gasteiger partial charge in [-0.25, -0.2) is 23.1 Å². The number of nitrogens with one attached hydrogen (secondary N) is 2. The van der Waals surface area contributed by atoms with Gasteiger partial charge in [-0.15, -0.1) is 11.8 Å². The minimum atomic E-state index is -3.81. The van der Waals surface area contributed by atoms with Crippen LogP contribution in [0.4, 0.5) is 11.6 Å². The summed E-state index contributed by atoms with van der Waals surface area (Å²) in [4.78, 5) is 21.4. The van der Waals surface area contributed by atoms with Gasteiger partial charge in [-0.1, -0.05) is 25.1 Å². The standard InChI is InChI=1S/C20H20N4O3S2/c1-2-18(28-16-7-4-3-5-8-16)19(25)23-15-9-11-17(12-10-15)29(26,27)24-20-21-13-6-14-22-20/h3-14,18H,2H2,1H3,(H,23,25)(H,21,22,24). The molecule has 0 spiro atoms. The van der Waals surface area contributed by atoms with Crippen LogP contribution in [0.1, 0.15) is 13.3 Å². The van der Waals surface area contributed by atoms with Gasteiger partial charge in [0.1, 0.15) is 0 Å². The number of sulfonamides is 1. The number of benzene rings is 2. The van der Waals surface area contributed by atoms with Gasteiger partial charge >= 0.3 is 0 Å². The van der Waals surface area contributed by atoms with Crippen molar-refractivity contribution in [1.82, 2.24) is 9.97 Å². The van der Waals surface area contributed by atoms with Crippen LogP contribution in [0.15, 0.2) is 82.8 Å². The molecule has 1 unspecified atom stereocenters. The Bertz CT molecular complexity index is 1040. The van der Waals surface area contributed by atoms with Gasteiger partial charge in [-0.2, -0.15) is 0 Å². The Labute approximate surface area is 174 Å². The fourth-order valence-corrected chi connectivity index (χ4v) is 4.39. The van der Waals surface area contributed by atoms with Crippen molar-refractivity contribution in [2.45, 2.75) is 28.4 Å². The molecule has 3 aromatic rings. The Kier molecular flexibility index (Phi) is 6.84. The highest BCUT2D eigenvalue weighted by Crippen LogP contribution is 2.26. The molecule has 0 fully saturated rings. The molecule has 7 nitrogen and oxygen atoms in total. The molecule has 1 aromatic heterocycles. The normalized spacial score (nSPS) is 12.2. The van der Waals surface area contributed by atoms with E-state index in [1.165, 1.54) is 36.3 Å². The molecule has 0 saturated heterocycles. The van der Waals surface area contributed by atoms with E-state index in [4.69, 9.17) is 0 Å². The third kappa shape index (κ3) is 5.78. The second kappa shape index (κ2) is 9.53. The molecule has 0 aliphatic heterocycles. The molecule has 0 aliphatic rings. The molecule has 2 aromatic carbocycles. The van der Waals surface area contributed by atoms with Gasteiger partial charge in [0, 0.05) is 23.0 Å². The highest BCUT2D eigenvalue weighted by Gasteiger charge is 2.19. The lowest BCUT2D eigenvalue weighted by atomic mass is 10.3. The molecule has 0 saturated carbocycles. The van der Waals surface area contributed by atoms with Crippen LogP contribution < -0.4 is 10.0 Å². The van der Waals surface area contributed by atoms with Crippen molar-refractivity contribution in [3.05, 3.63) is 73.1 Å². The first kappa shape index (κ1) is 20.8. The van der Waals surface area contributed by atoms with Gasteiger partial charge in [-0.05, 0) is 48.9 Å². The van der Waals surface area contributed by atoms with E-state index in [1.807, 2.05) is 37.3 Å². The quantitative estimate of drug-likeness (QED) is 0.530. The first-order valence-electron chi connectivity index (χ1n) is 8.90. The Morgan fingerprint density at radius 1 is 1.00 bits per heavy atom. The summed E-state index contributed by atoms with van der Waals surface area (Å²) in [5, 5.41) is 2.59. The van der Waals surface area contributed by atoms with E-state index in [0.717, 1.165) is 4.90 Å². The van der Waals surface area contributed by atoms with Crippen molar-refractivity contribution in [2.75, 3.05) is 10.0 Å². The summed E-state index contributed by atoms with van der Waals surface area (Å²) in [7, 11) is -3.81. The fraction of sp³-hybridized carbons (Fsp3) is 0.150. The highest BCUT2D eigenvalue weighted by molar-refractivity contribution is 8.00. The summed E-state index contributed by atoms with van der Waals surface area (Å²) in [6, 6.07) is 17.3. The first-order valence-corrected chi connectivity index (χ1v) is 11.3. The fourth-order valence-electron chi connectivity index (χ4n) is 2.46. The molecular weight excluding hydrogens is 408 g/mol. The van der Waals surface area contributed by atoms with E-state index in [2.05, 4.69) is 20.0 Å². The van der Waals surface area contributed by atoms with E-state index in [-0.39, 0.29) is 22.0 Å². The van der Waals surface area contributed by atoms with E-state index in [1.54, 1.807) is 18.2 Å². The number of carbonyl (C=O) groups excluding carboxylic acids is 1. The largest absolute Gasteiger partial charge is 0.325 e. The summed E-state index contributed by atoms with van der Waals surface area (Å²) in [5.74, 6) is -0.138. The minimum absolute atomic E-state index is 0.00592. The third-order valence-electron chi connectivity index (χ3n) is 3.91. The molecule has 1 amide bonds. The van der Waals surface area contributed by atoms with Crippen LogP contribution in [0.2, 0.25) is 0 Å². The zero-order valence-corrected chi connectivity index (χ0v) is 17.3. The number of anilines is 2. The number of amides is 1. The molecule has 29 heavy (non-hydrogen) atoms. The van der Waals surface area contributed by atoms with E-state index >= 15 is 0 Å². The maximum atomic E-state index is 12.6. The maximum Gasteiger partial charge on any atom is 0.264 e. The van der Waals surface area contributed by atoms with Gasteiger partial charge in [-0.3, -0.25) is 4.79 Å². The van der Waals surface area contributed by atoms with Crippen molar-refractivity contribution < 1.29 is 13.2 Å². The average molecular weight is 429 g/mol. The van der Waals surface area contributed by atoms with Gasteiger partial charge in [0.15, 0.2) is 0 Å². The number of hydrogen-bond donors (Lipinski definition) is 2. The van der Waals surface area contributed by atoms with E-state index in [9.17, 15) is 13.2 Å². The van der Waals surface area contributed by atoms with Crippen LogP contribution >= 0.6 is 11.8 Å². The topological polar surface area (TPSA) is 101 Å². The van der Waals surface area contributed by atoms with E-state index < -0.39 is 10.0 Å². The molecule has 9 heteroatoms. The van der Waals surface area contributed by atoms with Crippen LogP contribution in [0.5, 0.6) is 0 Å². The Morgan fingerprint density at radius 2 is 1.66 bits per heavy atom. The zero-order chi connectivity index (χ0) is 20.7. The molecule has 0 radical (unpaired) electrons. The van der Waals surface area contributed by atoms with Crippen molar-refractivity contribution in [2.24, 2.45) is 0 Å².